The van der Waals surface area contributed by atoms with Crippen LogP contribution in [-0.4, -0.2) is 63.8 Å². The van der Waals surface area contributed by atoms with Crippen molar-refractivity contribution in [3.05, 3.63) is 0 Å². The largest absolute Gasteiger partial charge is 0.480 e. The molecule has 2 N–H and O–H groups in total. The molecule has 1 aliphatic heterocycles. The zero-order valence-electron chi connectivity index (χ0n) is 11.3. The highest BCUT2D eigenvalue weighted by atomic mass is 16.4. The second kappa shape index (κ2) is 5.77. The number of likely N-dealkylation sites (tertiary alicyclic amines) is 1. The van der Waals surface area contributed by atoms with Gasteiger partial charge >= 0.3 is 12.0 Å². The molecular weight excluding hydrogens is 248 g/mol. The van der Waals surface area contributed by atoms with E-state index in [1.54, 1.807) is 4.90 Å². The SMILES string of the molecule is CCCN(CC1CC1)C(=O)N1CC(O)CC1C(=O)O. The van der Waals surface area contributed by atoms with E-state index in [0.717, 1.165) is 19.3 Å². The van der Waals surface area contributed by atoms with Crippen LogP contribution >= 0.6 is 0 Å². The van der Waals surface area contributed by atoms with Crippen molar-refractivity contribution in [2.24, 2.45) is 5.92 Å². The van der Waals surface area contributed by atoms with Gasteiger partial charge in [-0.15, -0.1) is 0 Å². The number of urea groups is 1. The Balaban J connectivity index is 2.03. The molecule has 0 radical (unpaired) electrons. The van der Waals surface area contributed by atoms with E-state index in [1.807, 2.05) is 6.92 Å². The summed E-state index contributed by atoms with van der Waals surface area (Å²) < 4.78 is 0. The van der Waals surface area contributed by atoms with E-state index in [-0.39, 0.29) is 19.0 Å². The Bertz CT molecular complexity index is 357. The fraction of sp³-hybridized carbons (Fsp3) is 0.846. The standard InChI is InChI=1S/C13H22N2O4/c1-2-5-14(7-9-3-4-9)13(19)15-8-10(16)6-11(15)12(17)18/h9-11,16H,2-8H2,1H3,(H,17,18). The third-order valence-electron chi connectivity index (χ3n) is 3.75. The van der Waals surface area contributed by atoms with Gasteiger partial charge in [0.25, 0.3) is 0 Å². The van der Waals surface area contributed by atoms with Crippen molar-refractivity contribution in [1.29, 1.82) is 0 Å². The second-order valence-electron chi connectivity index (χ2n) is 5.57. The lowest BCUT2D eigenvalue weighted by molar-refractivity contribution is -0.141. The van der Waals surface area contributed by atoms with Gasteiger partial charge < -0.3 is 20.0 Å². The first-order valence-electron chi connectivity index (χ1n) is 6.99. The molecule has 2 amide bonds. The Morgan fingerprint density at radius 2 is 2.05 bits per heavy atom. The Labute approximate surface area is 113 Å². The van der Waals surface area contributed by atoms with E-state index in [0.29, 0.717) is 19.0 Å². The van der Waals surface area contributed by atoms with Crippen LogP contribution in [-0.2, 0) is 4.79 Å². The lowest BCUT2D eigenvalue weighted by atomic mass is 10.2. The molecule has 0 aromatic carbocycles. The van der Waals surface area contributed by atoms with Gasteiger partial charge in [0.05, 0.1) is 6.10 Å². The minimum Gasteiger partial charge on any atom is -0.480 e. The Hall–Kier alpha value is -1.30. The molecule has 1 saturated carbocycles. The van der Waals surface area contributed by atoms with Crippen LogP contribution in [0.25, 0.3) is 0 Å². The number of β-amino-alcohol motifs (C(OH)–C–C–N with tert-alkyl or cyclic N) is 1. The smallest absolute Gasteiger partial charge is 0.326 e. The summed E-state index contributed by atoms with van der Waals surface area (Å²) in [5.74, 6) is -0.459. The number of hydrogen-bond acceptors (Lipinski definition) is 3. The van der Waals surface area contributed by atoms with Crippen molar-refractivity contribution < 1.29 is 19.8 Å². The van der Waals surface area contributed by atoms with Gasteiger partial charge in [0, 0.05) is 26.1 Å². The monoisotopic (exact) mass is 270 g/mol. The topological polar surface area (TPSA) is 81.1 Å². The minimum absolute atomic E-state index is 0.126. The van der Waals surface area contributed by atoms with Crippen molar-refractivity contribution >= 4 is 12.0 Å². The van der Waals surface area contributed by atoms with Gasteiger partial charge in [-0.1, -0.05) is 6.92 Å². The molecular formula is C13H22N2O4. The predicted octanol–water partition coefficient (Wildman–Crippen LogP) is 0.748. The number of aliphatic hydroxyl groups is 1. The molecule has 19 heavy (non-hydrogen) atoms. The summed E-state index contributed by atoms with van der Waals surface area (Å²) in [6.45, 7) is 3.49. The van der Waals surface area contributed by atoms with Gasteiger partial charge in [0.1, 0.15) is 6.04 Å². The number of hydrogen-bond donors (Lipinski definition) is 2. The number of nitrogens with zero attached hydrogens (tertiary/aromatic N) is 2. The van der Waals surface area contributed by atoms with Gasteiger partial charge in [-0.3, -0.25) is 0 Å². The van der Waals surface area contributed by atoms with Crippen molar-refractivity contribution in [3.8, 4) is 0 Å². The van der Waals surface area contributed by atoms with E-state index in [9.17, 15) is 14.7 Å². The summed E-state index contributed by atoms with van der Waals surface area (Å²) >= 11 is 0. The molecule has 2 rings (SSSR count). The molecule has 6 heteroatoms. The zero-order chi connectivity index (χ0) is 14.0. The molecule has 2 atom stereocenters. The Morgan fingerprint density at radius 1 is 1.37 bits per heavy atom. The number of aliphatic carboxylic acids is 1. The Morgan fingerprint density at radius 3 is 2.58 bits per heavy atom. The van der Waals surface area contributed by atoms with Crippen LogP contribution < -0.4 is 0 Å². The van der Waals surface area contributed by atoms with Gasteiger partial charge in [-0.05, 0) is 25.2 Å². The maximum Gasteiger partial charge on any atom is 0.326 e. The average Bonchev–Trinajstić information content (AvgIpc) is 3.08. The molecule has 0 aromatic rings. The van der Waals surface area contributed by atoms with Crippen LogP contribution in [0.15, 0.2) is 0 Å². The van der Waals surface area contributed by atoms with E-state index in [4.69, 9.17) is 5.11 Å². The normalized spacial score (nSPS) is 26.5. The zero-order valence-corrected chi connectivity index (χ0v) is 11.3. The summed E-state index contributed by atoms with van der Waals surface area (Å²) in [5.41, 5.74) is 0. The Kier molecular flexibility index (Phi) is 4.29. The van der Waals surface area contributed by atoms with Crippen LogP contribution in [0.3, 0.4) is 0 Å². The number of carbonyl (C=O) groups is 2. The molecule has 108 valence electrons. The first-order valence-corrected chi connectivity index (χ1v) is 6.99. The number of carboxylic acids is 1. The third kappa shape index (κ3) is 3.37. The minimum atomic E-state index is -1.03. The molecule has 0 aromatic heterocycles. The molecule has 0 spiro atoms. The van der Waals surface area contributed by atoms with Crippen LogP contribution in [0.2, 0.25) is 0 Å². The first kappa shape index (κ1) is 14.1. The van der Waals surface area contributed by atoms with E-state index < -0.39 is 18.1 Å². The van der Waals surface area contributed by atoms with Gasteiger partial charge in [0.2, 0.25) is 0 Å². The van der Waals surface area contributed by atoms with Crippen LogP contribution in [0.1, 0.15) is 32.6 Å². The fourth-order valence-corrected chi connectivity index (χ4v) is 2.59. The van der Waals surface area contributed by atoms with E-state index >= 15 is 0 Å². The van der Waals surface area contributed by atoms with Crippen molar-refractivity contribution in [2.75, 3.05) is 19.6 Å². The highest BCUT2D eigenvalue weighted by Crippen LogP contribution is 2.30. The maximum atomic E-state index is 12.4. The maximum absolute atomic E-state index is 12.4. The van der Waals surface area contributed by atoms with Gasteiger partial charge in [-0.2, -0.15) is 0 Å². The molecule has 0 bridgehead atoms. The highest BCUT2D eigenvalue weighted by molar-refractivity contribution is 5.83. The average molecular weight is 270 g/mol. The molecule has 1 saturated heterocycles. The molecule has 1 heterocycles. The quantitative estimate of drug-likeness (QED) is 0.772. The highest BCUT2D eigenvalue weighted by Gasteiger charge is 2.41. The van der Waals surface area contributed by atoms with Crippen LogP contribution in [0.5, 0.6) is 0 Å². The summed E-state index contributed by atoms with van der Waals surface area (Å²) in [4.78, 5) is 26.6. The number of aliphatic hydroxyl groups excluding tert-OH is 1. The van der Waals surface area contributed by atoms with Crippen molar-refractivity contribution in [2.45, 2.75) is 44.8 Å². The number of carboxylic acid groups (broad SMARTS) is 1. The molecule has 6 nitrogen and oxygen atoms in total. The lowest BCUT2D eigenvalue weighted by Crippen LogP contribution is -2.49. The summed E-state index contributed by atoms with van der Waals surface area (Å²) in [7, 11) is 0. The van der Waals surface area contributed by atoms with Crippen LogP contribution in [0, 0.1) is 5.92 Å². The second-order valence-corrected chi connectivity index (χ2v) is 5.57. The molecule has 2 aliphatic rings. The number of rotatable bonds is 5. The summed E-state index contributed by atoms with van der Waals surface area (Å²) in [6.07, 6.45) is 2.56. The molecule has 2 unspecified atom stereocenters. The van der Waals surface area contributed by atoms with Crippen molar-refractivity contribution in [1.82, 2.24) is 9.80 Å². The number of amides is 2. The summed E-state index contributed by atoms with van der Waals surface area (Å²) in [6, 6.07) is -1.13. The van der Waals surface area contributed by atoms with E-state index in [1.165, 1.54) is 4.90 Å². The van der Waals surface area contributed by atoms with Crippen LogP contribution in [0.4, 0.5) is 4.79 Å². The molecule has 1 aliphatic carbocycles. The van der Waals surface area contributed by atoms with E-state index in [2.05, 4.69) is 0 Å². The van der Waals surface area contributed by atoms with Crippen molar-refractivity contribution in [3.63, 3.8) is 0 Å². The summed E-state index contributed by atoms with van der Waals surface area (Å²) in [5, 5.41) is 18.7. The fourth-order valence-electron chi connectivity index (χ4n) is 2.59. The third-order valence-corrected chi connectivity index (χ3v) is 3.75. The number of carbonyl (C=O) groups excluding carboxylic acids is 1. The first-order chi connectivity index (χ1) is 9.02. The van der Waals surface area contributed by atoms with Gasteiger partial charge in [-0.25, -0.2) is 9.59 Å². The molecule has 2 fully saturated rings. The van der Waals surface area contributed by atoms with Gasteiger partial charge in [0.15, 0.2) is 0 Å². The predicted molar refractivity (Wildman–Crippen MR) is 68.7 cm³/mol. The lowest BCUT2D eigenvalue weighted by Gasteiger charge is -2.30.